The lowest BCUT2D eigenvalue weighted by Gasteiger charge is -2.29. The Morgan fingerprint density at radius 1 is 1.43 bits per heavy atom. The molecule has 0 N–H and O–H groups in total. The van der Waals surface area contributed by atoms with Gasteiger partial charge in [0.2, 0.25) is 5.91 Å². The molecule has 1 atom stereocenters. The lowest BCUT2D eigenvalue weighted by molar-refractivity contribution is -0.135. The molecule has 1 aliphatic rings. The average molecular weight is 307 g/mol. The molecule has 0 spiro atoms. The van der Waals surface area contributed by atoms with Gasteiger partial charge in [-0.2, -0.15) is 0 Å². The normalized spacial score (nSPS) is 18.1. The molecular formula is C15H21N3O2S. The fourth-order valence-electron chi connectivity index (χ4n) is 2.10. The molecule has 0 radical (unpaired) electrons. The number of hydrogen-bond acceptors (Lipinski definition) is 4. The first-order valence-corrected chi connectivity index (χ1v) is 8.15. The number of pyridine rings is 1. The van der Waals surface area contributed by atoms with Crippen molar-refractivity contribution in [2.24, 2.45) is 0 Å². The zero-order valence-electron chi connectivity index (χ0n) is 12.9. The van der Waals surface area contributed by atoms with Crippen molar-refractivity contribution in [3.63, 3.8) is 0 Å². The van der Waals surface area contributed by atoms with Crippen molar-refractivity contribution in [1.29, 1.82) is 0 Å². The maximum Gasteiger partial charge on any atom is 0.256 e. The number of rotatable bonds is 3. The molecule has 2 amide bonds. The molecule has 1 aliphatic heterocycles. The quantitative estimate of drug-likeness (QED) is 0.854. The molecule has 1 aromatic heterocycles. The Labute approximate surface area is 129 Å². The fourth-order valence-corrected chi connectivity index (χ4v) is 3.24. The van der Waals surface area contributed by atoms with Gasteiger partial charge in [0, 0.05) is 30.7 Å². The van der Waals surface area contributed by atoms with E-state index >= 15 is 0 Å². The van der Waals surface area contributed by atoms with Crippen LogP contribution in [0.1, 0.15) is 29.9 Å². The lowest BCUT2D eigenvalue weighted by Crippen LogP contribution is -2.49. The van der Waals surface area contributed by atoms with E-state index in [4.69, 9.17) is 0 Å². The number of aryl methyl sites for hydroxylation is 1. The standard InChI is InChI=1S/C15H21N3O2S/c1-10(2)17(4)15(20)13-8-21-9-18(13)14(19)12-6-5-11(3)16-7-12/h5-7,10,13H,8-9H2,1-4H3. The fraction of sp³-hybridized carbons (Fsp3) is 0.533. The largest absolute Gasteiger partial charge is 0.342 e. The van der Waals surface area contributed by atoms with E-state index in [9.17, 15) is 9.59 Å². The SMILES string of the molecule is Cc1ccc(C(=O)N2CSCC2C(=O)N(C)C(C)C)cn1. The van der Waals surface area contributed by atoms with Crippen LogP contribution in [0.5, 0.6) is 0 Å². The van der Waals surface area contributed by atoms with Gasteiger partial charge in [-0.05, 0) is 32.9 Å². The Balaban J connectivity index is 2.16. The molecular weight excluding hydrogens is 286 g/mol. The monoisotopic (exact) mass is 307 g/mol. The van der Waals surface area contributed by atoms with E-state index in [2.05, 4.69) is 4.98 Å². The molecule has 1 aromatic rings. The summed E-state index contributed by atoms with van der Waals surface area (Å²) in [5.74, 6) is 1.09. The zero-order chi connectivity index (χ0) is 15.6. The van der Waals surface area contributed by atoms with Gasteiger partial charge < -0.3 is 9.80 Å². The second-order valence-corrected chi connectivity index (χ2v) is 6.52. The highest BCUT2D eigenvalue weighted by atomic mass is 32.2. The van der Waals surface area contributed by atoms with Gasteiger partial charge in [-0.25, -0.2) is 0 Å². The summed E-state index contributed by atoms with van der Waals surface area (Å²) in [4.78, 5) is 32.6. The summed E-state index contributed by atoms with van der Waals surface area (Å²) in [5, 5.41) is 0. The highest BCUT2D eigenvalue weighted by Crippen LogP contribution is 2.24. The van der Waals surface area contributed by atoms with Crippen molar-refractivity contribution in [3.05, 3.63) is 29.6 Å². The van der Waals surface area contributed by atoms with Crippen LogP contribution >= 0.6 is 11.8 Å². The third-order valence-electron chi connectivity index (χ3n) is 3.71. The van der Waals surface area contributed by atoms with Crippen molar-refractivity contribution < 1.29 is 9.59 Å². The number of hydrogen-bond donors (Lipinski definition) is 0. The summed E-state index contributed by atoms with van der Waals surface area (Å²) >= 11 is 1.61. The molecule has 6 heteroatoms. The number of aromatic nitrogens is 1. The first kappa shape index (κ1) is 15.8. The van der Waals surface area contributed by atoms with Crippen LogP contribution in [0.15, 0.2) is 18.3 Å². The smallest absolute Gasteiger partial charge is 0.256 e. The molecule has 0 saturated carbocycles. The second kappa shape index (κ2) is 6.47. The minimum absolute atomic E-state index is 0.00317. The molecule has 21 heavy (non-hydrogen) atoms. The molecule has 5 nitrogen and oxygen atoms in total. The Kier molecular flexibility index (Phi) is 4.88. The highest BCUT2D eigenvalue weighted by molar-refractivity contribution is 7.99. The number of nitrogens with zero attached hydrogens (tertiary/aromatic N) is 3. The maximum atomic E-state index is 12.6. The average Bonchev–Trinajstić information content (AvgIpc) is 2.95. The predicted octanol–water partition coefficient (Wildman–Crippen LogP) is 1.77. The molecule has 0 aliphatic carbocycles. The van der Waals surface area contributed by atoms with Gasteiger partial charge in [0.15, 0.2) is 0 Å². The maximum absolute atomic E-state index is 12.6. The minimum atomic E-state index is -0.379. The van der Waals surface area contributed by atoms with Crippen LogP contribution in [0.2, 0.25) is 0 Å². The van der Waals surface area contributed by atoms with E-state index in [1.165, 1.54) is 0 Å². The zero-order valence-corrected chi connectivity index (χ0v) is 13.7. The molecule has 2 rings (SSSR count). The van der Waals surface area contributed by atoms with E-state index in [0.29, 0.717) is 17.2 Å². The summed E-state index contributed by atoms with van der Waals surface area (Å²) in [6.07, 6.45) is 1.58. The molecule has 114 valence electrons. The van der Waals surface area contributed by atoms with Crippen LogP contribution in [0.3, 0.4) is 0 Å². The molecule has 0 aromatic carbocycles. The molecule has 0 bridgehead atoms. The van der Waals surface area contributed by atoms with E-state index in [-0.39, 0.29) is 23.9 Å². The first-order valence-electron chi connectivity index (χ1n) is 7.00. The van der Waals surface area contributed by atoms with Gasteiger partial charge in [0.25, 0.3) is 5.91 Å². The second-order valence-electron chi connectivity index (χ2n) is 5.52. The van der Waals surface area contributed by atoms with Gasteiger partial charge in [-0.3, -0.25) is 14.6 Å². The number of carbonyl (C=O) groups excluding carboxylic acids is 2. The summed E-state index contributed by atoms with van der Waals surface area (Å²) in [7, 11) is 1.78. The Hall–Kier alpha value is -1.56. The highest BCUT2D eigenvalue weighted by Gasteiger charge is 2.37. The molecule has 2 heterocycles. The van der Waals surface area contributed by atoms with Crippen LogP contribution < -0.4 is 0 Å². The van der Waals surface area contributed by atoms with Gasteiger partial charge in [-0.1, -0.05) is 0 Å². The summed E-state index contributed by atoms with van der Waals surface area (Å²) in [6.45, 7) is 5.82. The third kappa shape index (κ3) is 3.37. The Bertz CT molecular complexity index is 530. The van der Waals surface area contributed by atoms with Crippen molar-refractivity contribution >= 4 is 23.6 Å². The van der Waals surface area contributed by atoms with Crippen molar-refractivity contribution in [2.45, 2.75) is 32.9 Å². The van der Waals surface area contributed by atoms with Crippen LogP contribution in [0.4, 0.5) is 0 Å². The third-order valence-corrected chi connectivity index (χ3v) is 4.72. The van der Waals surface area contributed by atoms with E-state index in [1.807, 2.05) is 26.8 Å². The number of thioether (sulfide) groups is 1. The van der Waals surface area contributed by atoms with E-state index < -0.39 is 0 Å². The van der Waals surface area contributed by atoms with Crippen LogP contribution in [0.25, 0.3) is 0 Å². The summed E-state index contributed by atoms with van der Waals surface area (Å²) < 4.78 is 0. The lowest BCUT2D eigenvalue weighted by atomic mass is 10.2. The molecule has 1 fully saturated rings. The van der Waals surface area contributed by atoms with Gasteiger partial charge in [0.1, 0.15) is 6.04 Å². The van der Waals surface area contributed by atoms with Gasteiger partial charge in [0.05, 0.1) is 11.4 Å². The molecule has 1 saturated heterocycles. The van der Waals surface area contributed by atoms with E-state index in [1.54, 1.807) is 40.9 Å². The van der Waals surface area contributed by atoms with Gasteiger partial charge >= 0.3 is 0 Å². The van der Waals surface area contributed by atoms with E-state index in [0.717, 1.165) is 5.69 Å². The molecule has 1 unspecified atom stereocenters. The van der Waals surface area contributed by atoms with Crippen molar-refractivity contribution in [2.75, 3.05) is 18.7 Å². The Morgan fingerprint density at radius 3 is 2.71 bits per heavy atom. The topological polar surface area (TPSA) is 53.5 Å². The van der Waals surface area contributed by atoms with Crippen molar-refractivity contribution in [3.8, 4) is 0 Å². The summed E-state index contributed by atoms with van der Waals surface area (Å²) in [6, 6.07) is 3.33. The predicted molar refractivity (Wildman–Crippen MR) is 84.2 cm³/mol. The summed E-state index contributed by atoms with van der Waals surface area (Å²) in [5.41, 5.74) is 1.41. The van der Waals surface area contributed by atoms with Crippen LogP contribution in [0, 0.1) is 6.92 Å². The number of likely N-dealkylation sites (N-methyl/N-ethyl adjacent to an activating group) is 1. The Morgan fingerprint density at radius 2 is 2.14 bits per heavy atom. The number of amides is 2. The van der Waals surface area contributed by atoms with Gasteiger partial charge in [-0.15, -0.1) is 11.8 Å². The van der Waals surface area contributed by atoms with Crippen LogP contribution in [-0.4, -0.2) is 57.4 Å². The minimum Gasteiger partial charge on any atom is -0.342 e. The number of carbonyl (C=O) groups is 2. The van der Waals surface area contributed by atoms with Crippen LogP contribution in [-0.2, 0) is 4.79 Å². The first-order chi connectivity index (χ1) is 9.91. The van der Waals surface area contributed by atoms with Crippen molar-refractivity contribution in [1.82, 2.24) is 14.8 Å².